The highest BCUT2D eigenvalue weighted by Crippen LogP contribution is 2.30. The van der Waals surface area contributed by atoms with Crippen LogP contribution in [0.25, 0.3) is 0 Å². The standard InChI is InChI=1S/C19H15F3N2O2S/c1-12(16-3-2-10-27-16)24-18(25)13-4-7-15(8-5-13)26-17-9-6-14(11-23-17)19(20,21)22/h2-12H,1H3,(H,24,25)/t12-/m1/s1. The van der Waals surface area contributed by atoms with Crippen LogP contribution in [0.4, 0.5) is 13.2 Å². The van der Waals surface area contributed by atoms with E-state index < -0.39 is 11.7 Å². The summed E-state index contributed by atoms with van der Waals surface area (Å²) >= 11 is 1.56. The number of carbonyl (C=O) groups excluding carboxylic acids is 1. The molecule has 3 rings (SSSR count). The third kappa shape index (κ3) is 4.85. The van der Waals surface area contributed by atoms with Crippen LogP contribution in [-0.4, -0.2) is 10.9 Å². The maximum Gasteiger partial charge on any atom is 0.417 e. The monoisotopic (exact) mass is 392 g/mol. The van der Waals surface area contributed by atoms with Crippen LogP contribution >= 0.6 is 11.3 Å². The molecule has 4 nitrogen and oxygen atoms in total. The summed E-state index contributed by atoms with van der Waals surface area (Å²) < 4.78 is 43.0. The average molecular weight is 392 g/mol. The summed E-state index contributed by atoms with van der Waals surface area (Å²) in [5.74, 6) is 0.173. The molecule has 0 fully saturated rings. The summed E-state index contributed by atoms with van der Waals surface area (Å²) in [4.78, 5) is 17.0. The lowest BCUT2D eigenvalue weighted by Gasteiger charge is -2.12. The topological polar surface area (TPSA) is 51.2 Å². The van der Waals surface area contributed by atoms with Gasteiger partial charge in [-0.3, -0.25) is 4.79 Å². The number of ether oxygens (including phenoxy) is 1. The minimum atomic E-state index is -4.44. The Morgan fingerprint density at radius 1 is 1.15 bits per heavy atom. The molecule has 2 aromatic heterocycles. The van der Waals surface area contributed by atoms with Crippen molar-refractivity contribution in [1.82, 2.24) is 10.3 Å². The molecular weight excluding hydrogens is 377 g/mol. The summed E-state index contributed by atoms with van der Waals surface area (Å²) in [5, 5.41) is 4.84. The van der Waals surface area contributed by atoms with Crippen molar-refractivity contribution in [3.05, 3.63) is 76.1 Å². The van der Waals surface area contributed by atoms with Crippen LogP contribution in [0, 0.1) is 0 Å². The fourth-order valence-corrected chi connectivity index (χ4v) is 3.03. The molecule has 1 atom stereocenters. The van der Waals surface area contributed by atoms with Gasteiger partial charge >= 0.3 is 6.18 Å². The van der Waals surface area contributed by atoms with E-state index >= 15 is 0 Å². The molecule has 1 N–H and O–H groups in total. The van der Waals surface area contributed by atoms with E-state index in [-0.39, 0.29) is 17.8 Å². The molecule has 0 bridgehead atoms. The van der Waals surface area contributed by atoms with Gasteiger partial charge in [-0.2, -0.15) is 13.2 Å². The number of amides is 1. The highest BCUT2D eigenvalue weighted by molar-refractivity contribution is 7.10. The predicted molar refractivity (Wildman–Crippen MR) is 96.0 cm³/mol. The van der Waals surface area contributed by atoms with E-state index in [0.717, 1.165) is 17.0 Å². The maximum absolute atomic E-state index is 12.5. The lowest BCUT2D eigenvalue weighted by atomic mass is 10.2. The number of pyridine rings is 1. The van der Waals surface area contributed by atoms with Crippen molar-refractivity contribution in [2.45, 2.75) is 19.1 Å². The Morgan fingerprint density at radius 3 is 2.44 bits per heavy atom. The van der Waals surface area contributed by atoms with E-state index in [1.807, 2.05) is 24.4 Å². The van der Waals surface area contributed by atoms with Crippen molar-refractivity contribution < 1.29 is 22.7 Å². The fraction of sp³-hybridized carbons (Fsp3) is 0.158. The zero-order chi connectivity index (χ0) is 19.4. The van der Waals surface area contributed by atoms with Crippen LogP contribution < -0.4 is 10.1 Å². The molecule has 0 saturated heterocycles. The number of thiophene rings is 1. The third-order valence-corrected chi connectivity index (χ3v) is 4.78. The van der Waals surface area contributed by atoms with Gasteiger partial charge in [-0.05, 0) is 48.7 Å². The number of carbonyl (C=O) groups is 1. The molecule has 27 heavy (non-hydrogen) atoms. The quantitative estimate of drug-likeness (QED) is 0.629. The average Bonchev–Trinajstić information content (AvgIpc) is 3.17. The lowest BCUT2D eigenvalue weighted by molar-refractivity contribution is -0.137. The van der Waals surface area contributed by atoms with E-state index in [1.54, 1.807) is 35.6 Å². The van der Waals surface area contributed by atoms with Crippen LogP contribution in [0.3, 0.4) is 0 Å². The molecule has 0 radical (unpaired) electrons. The molecule has 0 spiro atoms. The molecule has 2 heterocycles. The normalized spacial score (nSPS) is 12.4. The Kier molecular flexibility index (Phi) is 5.46. The molecule has 3 aromatic rings. The molecule has 0 aliphatic heterocycles. The van der Waals surface area contributed by atoms with Crippen LogP contribution in [0.15, 0.2) is 60.1 Å². The Labute approximate surface area is 157 Å². The van der Waals surface area contributed by atoms with Crippen LogP contribution in [0.1, 0.15) is 33.8 Å². The first-order chi connectivity index (χ1) is 12.8. The first-order valence-electron chi connectivity index (χ1n) is 7.98. The summed E-state index contributed by atoms with van der Waals surface area (Å²) in [6.07, 6.45) is -3.73. The summed E-state index contributed by atoms with van der Waals surface area (Å²) in [7, 11) is 0. The summed E-state index contributed by atoms with van der Waals surface area (Å²) in [5.41, 5.74) is -0.395. The number of nitrogens with one attached hydrogen (secondary N) is 1. The Hall–Kier alpha value is -2.87. The van der Waals surface area contributed by atoms with Crippen LogP contribution in [-0.2, 0) is 6.18 Å². The van der Waals surface area contributed by atoms with Gasteiger partial charge in [-0.1, -0.05) is 6.07 Å². The van der Waals surface area contributed by atoms with Crippen molar-refractivity contribution in [3.8, 4) is 11.6 Å². The number of rotatable bonds is 5. The summed E-state index contributed by atoms with van der Waals surface area (Å²) in [6, 6.07) is 12.1. The second-order valence-corrected chi connectivity index (χ2v) is 6.70. The van der Waals surface area contributed by atoms with Crippen molar-refractivity contribution in [2.75, 3.05) is 0 Å². The number of halogens is 3. The number of hydrogen-bond acceptors (Lipinski definition) is 4. The van der Waals surface area contributed by atoms with Gasteiger partial charge in [0, 0.05) is 22.7 Å². The van der Waals surface area contributed by atoms with Gasteiger partial charge in [0.15, 0.2) is 0 Å². The van der Waals surface area contributed by atoms with Crippen molar-refractivity contribution in [2.24, 2.45) is 0 Å². The lowest BCUT2D eigenvalue weighted by Crippen LogP contribution is -2.25. The molecule has 1 amide bonds. The maximum atomic E-state index is 12.5. The first-order valence-corrected chi connectivity index (χ1v) is 8.86. The van der Waals surface area contributed by atoms with Gasteiger partial charge in [0.25, 0.3) is 5.91 Å². The molecule has 140 valence electrons. The van der Waals surface area contributed by atoms with Crippen molar-refractivity contribution in [3.63, 3.8) is 0 Å². The third-order valence-electron chi connectivity index (χ3n) is 3.72. The molecule has 1 aromatic carbocycles. The van der Waals surface area contributed by atoms with Crippen molar-refractivity contribution in [1.29, 1.82) is 0 Å². The van der Waals surface area contributed by atoms with Gasteiger partial charge in [0.2, 0.25) is 5.88 Å². The highest BCUT2D eigenvalue weighted by Gasteiger charge is 2.30. The van der Waals surface area contributed by atoms with E-state index in [9.17, 15) is 18.0 Å². The smallest absolute Gasteiger partial charge is 0.417 e. The Morgan fingerprint density at radius 2 is 1.89 bits per heavy atom. The number of hydrogen-bond donors (Lipinski definition) is 1. The first kappa shape index (κ1) is 18.9. The largest absolute Gasteiger partial charge is 0.439 e. The fourth-order valence-electron chi connectivity index (χ4n) is 2.29. The Bertz CT molecular complexity index is 892. The number of alkyl halides is 3. The molecule has 0 aliphatic carbocycles. The van der Waals surface area contributed by atoms with E-state index in [4.69, 9.17) is 4.74 Å². The highest BCUT2D eigenvalue weighted by atomic mass is 32.1. The number of nitrogens with zero attached hydrogens (tertiary/aromatic N) is 1. The number of aromatic nitrogens is 1. The molecule has 0 unspecified atom stereocenters. The van der Waals surface area contributed by atoms with E-state index in [0.29, 0.717) is 17.5 Å². The zero-order valence-electron chi connectivity index (χ0n) is 14.2. The van der Waals surface area contributed by atoms with Gasteiger partial charge in [-0.25, -0.2) is 4.98 Å². The van der Waals surface area contributed by atoms with Gasteiger partial charge in [0.05, 0.1) is 11.6 Å². The minimum absolute atomic E-state index is 0.0338. The van der Waals surface area contributed by atoms with Gasteiger partial charge < -0.3 is 10.1 Å². The predicted octanol–water partition coefficient (Wildman–Crippen LogP) is 5.45. The number of benzene rings is 1. The second kappa shape index (κ2) is 7.79. The molecule has 8 heteroatoms. The Balaban J connectivity index is 1.62. The van der Waals surface area contributed by atoms with E-state index in [2.05, 4.69) is 10.3 Å². The van der Waals surface area contributed by atoms with Crippen LogP contribution in [0.2, 0.25) is 0 Å². The minimum Gasteiger partial charge on any atom is -0.439 e. The van der Waals surface area contributed by atoms with E-state index in [1.165, 1.54) is 0 Å². The van der Waals surface area contributed by atoms with Gasteiger partial charge in [0.1, 0.15) is 5.75 Å². The van der Waals surface area contributed by atoms with Crippen molar-refractivity contribution >= 4 is 17.2 Å². The van der Waals surface area contributed by atoms with Gasteiger partial charge in [-0.15, -0.1) is 11.3 Å². The SMILES string of the molecule is C[C@@H](NC(=O)c1ccc(Oc2ccc(C(F)(F)F)cn2)cc1)c1cccs1. The molecule has 0 aliphatic rings. The zero-order valence-corrected chi connectivity index (χ0v) is 15.0. The summed E-state index contributed by atoms with van der Waals surface area (Å²) in [6.45, 7) is 1.90. The second-order valence-electron chi connectivity index (χ2n) is 5.72. The molecular formula is C19H15F3N2O2S. The molecule has 0 saturated carbocycles. The van der Waals surface area contributed by atoms with Crippen LogP contribution in [0.5, 0.6) is 11.6 Å².